The highest BCUT2D eigenvalue weighted by Crippen LogP contribution is 2.44. The molecule has 0 spiro atoms. The summed E-state index contributed by atoms with van der Waals surface area (Å²) in [5.41, 5.74) is -0.693. The molecule has 4 aliphatic rings. The Hall–Kier alpha value is -3.12. The number of benzene rings is 2. The van der Waals surface area contributed by atoms with Gasteiger partial charge in [0.1, 0.15) is 17.7 Å². The number of anilines is 1. The average Bonchev–Trinajstić information content (AvgIpc) is 3.82. The molecular formula is C36H46ClF2N5O4. The quantitative estimate of drug-likeness (QED) is 0.479. The van der Waals surface area contributed by atoms with Crippen molar-refractivity contribution in [1.29, 1.82) is 0 Å². The molecule has 5 atom stereocenters. The molecule has 260 valence electrons. The summed E-state index contributed by atoms with van der Waals surface area (Å²) < 4.78 is 34.5. The van der Waals surface area contributed by atoms with Crippen molar-refractivity contribution in [3.05, 3.63) is 64.7 Å². The third-order valence-electron chi connectivity index (χ3n) is 10.8. The van der Waals surface area contributed by atoms with E-state index in [0.29, 0.717) is 50.7 Å². The number of piperazine rings is 1. The van der Waals surface area contributed by atoms with Crippen LogP contribution in [0.4, 0.5) is 14.5 Å². The van der Waals surface area contributed by atoms with Crippen LogP contribution in [0.5, 0.6) is 0 Å². The third kappa shape index (κ3) is 6.84. The first-order valence-electron chi connectivity index (χ1n) is 17.0. The van der Waals surface area contributed by atoms with E-state index in [-0.39, 0.29) is 41.9 Å². The van der Waals surface area contributed by atoms with Gasteiger partial charge in [-0.3, -0.25) is 19.3 Å². The van der Waals surface area contributed by atoms with E-state index >= 15 is 0 Å². The number of nitrogens with zero attached hydrogens (tertiary/aromatic N) is 4. The maximum atomic E-state index is 14.9. The lowest BCUT2D eigenvalue weighted by molar-refractivity contribution is -0.147. The van der Waals surface area contributed by atoms with Crippen molar-refractivity contribution in [1.82, 2.24) is 19.6 Å². The van der Waals surface area contributed by atoms with E-state index in [1.54, 1.807) is 4.90 Å². The first-order valence-corrected chi connectivity index (χ1v) is 17.3. The van der Waals surface area contributed by atoms with Crippen LogP contribution < -0.4 is 5.32 Å². The van der Waals surface area contributed by atoms with Crippen molar-refractivity contribution in [3.63, 3.8) is 0 Å². The normalized spacial score (nSPS) is 28.6. The van der Waals surface area contributed by atoms with Crippen molar-refractivity contribution in [2.24, 2.45) is 11.8 Å². The summed E-state index contributed by atoms with van der Waals surface area (Å²) in [5, 5.41) is 3.26. The van der Waals surface area contributed by atoms with Gasteiger partial charge >= 0.3 is 0 Å². The molecule has 12 heteroatoms. The first-order chi connectivity index (χ1) is 22.8. The number of halogens is 3. The number of ether oxygens (including phenoxy) is 1. The molecule has 2 aromatic carbocycles. The third-order valence-corrected chi connectivity index (χ3v) is 11.1. The number of hydrogen-bond donors (Lipinski definition) is 1. The Morgan fingerprint density at radius 1 is 0.958 bits per heavy atom. The summed E-state index contributed by atoms with van der Waals surface area (Å²) in [7, 11) is 2.02. The van der Waals surface area contributed by atoms with E-state index in [1.807, 2.05) is 36.2 Å². The Morgan fingerprint density at radius 2 is 1.67 bits per heavy atom. The van der Waals surface area contributed by atoms with Gasteiger partial charge in [0.15, 0.2) is 5.60 Å². The maximum Gasteiger partial charge on any atom is 0.257 e. The molecule has 1 unspecified atom stereocenters. The molecule has 1 N–H and O–H groups in total. The van der Waals surface area contributed by atoms with Crippen LogP contribution in [0.15, 0.2) is 42.5 Å². The standard InChI is InChI=1S/C36H46ClF2N5O4/c1-35(2,3)43-21-27(23-6-8-25(37)9-7-23)28(22-43)32(45)44-20-24(18-31(44)33(46)42-15-13-41(4)14-16-42)36(12-5-17-48-36)34(47)40-30-11-10-26(38)19-29(30)39/h6-11,19,24,27-28,31H,5,12-18,20-22H2,1-4H3,(H,40,47)/t24-,27-,28+,31-,36?/m0/s1. The lowest BCUT2D eigenvalue weighted by atomic mass is 9.82. The summed E-state index contributed by atoms with van der Waals surface area (Å²) >= 11 is 6.23. The Bertz CT molecular complexity index is 1520. The van der Waals surface area contributed by atoms with Gasteiger partial charge in [-0.05, 0) is 76.9 Å². The zero-order valence-corrected chi connectivity index (χ0v) is 28.9. The van der Waals surface area contributed by atoms with Gasteiger partial charge in [-0.25, -0.2) is 8.78 Å². The lowest BCUT2D eigenvalue weighted by Gasteiger charge is -2.36. The molecule has 4 fully saturated rings. The SMILES string of the molecule is CN1CCN(C(=O)[C@@H]2C[C@H](C3(C(=O)Nc4ccc(F)cc4F)CCCO3)CN2C(=O)[C@@H]2CN(C(C)(C)C)C[C@H]2c2ccc(Cl)cc2)CC1. The van der Waals surface area contributed by atoms with Crippen LogP contribution in [0.2, 0.25) is 5.02 Å². The van der Waals surface area contributed by atoms with E-state index in [0.717, 1.165) is 30.8 Å². The average molecular weight is 686 g/mol. The van der Waals surface area contributed by atoms with Gasteiger partial charge in [0.05, 0.1) is 11.6 Å². The minimum absolute atomic E-state index is 0.116. The highest BCUT2D eigenvalue weighted by Gasteiger charge is 2.57. The number of carbonyl (C=O) groups is 3. The summed E-state index contributed by atoms with van der Waals surface area (Å²) in [4.78, 5) is 51.2. The summed E-state index contributed by atoms with van der Waals surface area (Å²) in [6.07, 6.45) is 1.21. The van der Waals surface area contributed by atoms with Crippen LogP contribution in [0.1, 0.15) is 51.5 Å². The fourth-order valence-corrected chi connectivity index (χ4v) is 8.04. The van der Waals surface area contributed by atoms with E-state index in [9.17, 15) is 23.2 Å². The predicted octanol–water partition coefficient (Wildman–Crippen LogP) is 4.61. The molecule has 3 amide bonds. The molecule has 48 heavy (non-hydrogen) atoms. The monoisotopic (exact) mass is 685 g/mol. The molecule has 2 aromatic rings. The Kier molecular flexibility index (Phi) is 9.88. The van der Waals surface area contributed by atoms with Gasteiger partial charge < -0.3 is 24.8 Å². The smallest absolute Gasteiger partial charge is 0.257 e. The van der Waals surface area contributed by atoms with Crippen molar-refractivity contribution >= 4 is 35.0 Å². The van der Waals surface area contributed by atoms with Crippen molar-refractivity contribution < 1.29 is 27.9 Å². The first kappa shape index (κ1) is 34.7. The maximum absolute atomic E-state index is 14.9. The molecular weight excluding hydrogens is 640 g/mol. The fourth-order valence-electron chi connectivity index (χ4n) is 7.92. The van der Waals surface area contributed by atoms with Crippen LogP contribution in [0.3, 0.4) is 0 Å². The van der Waals surface area contributed by atoms with Gasteiger partial charge in [-0.15, -0.1) is 0 Å². The van der Waals surface area contributed by atoms with Crippen LogP contribution in [-0.4, -0.2) is 114 Å². The van der Waals surface area contributed by atoms with Crippen molar-refractivity contribution in [2.45, 2.75) is 63.1 Å². The second-order valence-electron chi connectivity index (χ2n) is 14.8. The highest BCUT2D eigenvalue weighted by molar-refractivity contribution is 6.30. The second-order valence-corrected chi connectivity index (χ2v) is 15.3. The Balaban J connectivity index is 1.33. The van der Waals surface area contributed by atoms with Gasteiger partial charge in [0.2, 0.25) is 11.8 Å². The molecule has 4 heterocycles. The molecule has 0 bridgehead atoms. The summed E-state index contributed by atoms with van der Waals surface area (Å²) in [5.74, 6) is -3.47. The molecule has 0 saturated carbocycles. The highest BCUT2D eigenvalue weighted by atomic mass is 35.5. The molecule has 9 nitrogen and oxygen atoms in total. The van der Waals surface area contributed by atoms with Crippen LogP contribution in [0.25, 0.3) is 0 Å². The number of likely N-dealkylation sites (tertiary alicyclic amines) is 2. The van der Waals surface area contributed by atoms with Gasteiger partial charge in [0, 0.05) is 80.9 Å². The number of rotatable bonds is 6. The number of likely N-dealkylation sites (N-methyl/N-ethyl adjacent to an activating group) is 1. The molecule has 0 aromatic heterocycles. The zero-order chi connectivity index (χ0) is 34.4. The van der Waals surface area contributed by atoms with Gasteiger partial charge in [-0.1, -0.05) is 23.7 Å². The molecule has 6 rings (SSSR count). The molecule has 4 saturated heterocycles. The van der Waals surface area contributed by atoms with Crippen molar-refractivity contribution in [2.75, 3.05) is 64.8 Å². The number of amides is 3. The van der Waals surface area contributed by atoms with Crippen LogP contribution in [-0.2, 0) is 19.1 Å². The van der Waals surface area contributed by atoms with E-state index in [4.69, 9.17) is 16.3 Å². The Morgan fingerprint density at radius 3 is 2.29 bits per heavy atom. The topological polar surface area (TPSA) is 85.4 Å². The summed E-state index contributed by atoms with van der Waals surface area (Å²) in [6.45, 7) is 10.7. The van der Waals surface area contributed by atoms with E-state index in [1.165, 1.54) is 6.07 Å². The molecule has 4 aliphatic heterocycles. The molecule has 0 aliphatic carbocycles. The summed E-state index contributed by atoms with van der Waals surface area (Å²) in [6, 6.07) is 9.85. The zero-order valence-electron chi connectivity index (χ0n) is 28.2. The van der Waals surface area contributed by atoms with Crippen LogP contribution >= 0.6 is 11.6 Å². The van der Waals surface area contributed by atoms with Crippen molar-refractivity contribution in [3.8, 4) is 0 Å². The number of nitrogens with one attached hydrogen (secondary N) is 1. The number of carbonyl (C=O) groups excluding carboxylic acids is 3. The van der Waals surface area contributed by atoms with Gasteiger partial charge in [-0.2, -0.15) is 0 Å². The largest absolute Gasteiger partial charge is 0.365 e. The minimum atomic E-state index is -1.38. The van der Waals surface area contributed by atoms with Gasteiger partial charge in [0.25, 0.3) is 5.91 Å². The predicted molar refractivity (Wildman–Crippen MR) is 180 cm³/mol. The second kappa shape index (κ2) is 13.7. The Labute approximate surface area is 286 Å². The fraction of sp³-hybridized carbons (Fsp3) is 0.583. The lowest BCUT2D eigenvalue weighted by Crippen LogP contribution is -2.54. The van der Waals surface area contributed by atoms with E-state index in [2.05, 4.69) is 35.9 Å². The number of hydrogen-bond acceptors (Lipinski definition) is 6. The minimum Gasteiger partial charge on any atom is -0.365 e. The molecule has 0 radical (unpaired) electrons. The van der Waals surface area contributed by atoms with E-state index < -0.39 is 41.0 Å². The van der Waals surface area contributed by atoms with Crippen LogP contribution in [0, 0.1) is 23.5 Å².